The lowest BCUT2D eigenvalue weighted by atomic mass is 10.0. The molecule has 0 spiro atoms. The number of halogens is 4. The minimum Gasteiger partial charge on any atom is -0.289 e. The minimum absolute atomic E-state index is 0.202. The van der Waals surface area contributed by atoms with E-state index in [-0.39, 0.29) is 25.5 Å². The molecule has 0 aliphatic carbocycles. The number of carbonyl (C=O) groups is 1. The molecular weight excluding hydrogens is 625 g/mol. The summed E-state index contributed by atoms with van der Waals surface area (Å²) in [4.78, 5) is 15.3. The van der Waals surface area contributed by atoms with E-state index in [1.165, 1.54) is 36.0 Å². The second-order valence-corrected chi connectivity index (χ2v) is 14.1. The fraction of sp³-hybridized carbons (Fsp3) is 0. The van der Waals surface area contributed by atoms with Crippen molar-refractivity contribution in [2.75, 3.05) is 0 Å². The summed E-state index contributed by atoms with van der Waals surface area (Å²) in [5.41, 5.74) is 0.807. The summed E-state index contributed by atoms with van der Waals surface area (Å²) in [6, 6.07) is 30.1. The predicted octanol–water partition coefficient (Wildman–Crippen LogP) is 6.11. The molecule has 5 aromatic carbocycles. The molecule has 0 saturated heterocycles. The van der Waals surface area contributed by atoms with Gasteiger partial charge in [0.1, 0.15) is 15.4 Å². The molecule has 0 unspecified atom stereocenters. The first-order chi connectivity index (χ1) is 20.1. The summed E-state index contributed by atoms with van der Waals surface area (Å²) in [7, 11) is -8.29. The molecule has 42 heavy (non-hydrogen) atoms. The van der Waals surface area contributed by atoms with Crippen molar-refractivity contribution in [2.45, 2.75) is 24.5 Å². The van der Waals surface area contributed by atoms with Gasteiger partial charge in [-0.1, -0.05) is 59.8 Å². The van der Waals surface area contributed by atoms with Gasteiger partial charge >= 0.3 is 0 Å². The molecule has 5 rings (SSSR count). The lowest BCUT2D eigenvalue weighted by Crippen LogP contribution is -2.61. The number of benzene rings is 5. The largest absolute Gasteiger partial charge is 0.289 e. The fourth-order valence-corrected chi connectivity index (χ4v) is 9.72. The van der Waals surface area contributed by atoms with E-state index in [4.69, 9.17) is 15.3 Å². The van der Waals surface area contributed by atoms with E-state index in [1.54, 1.807) is 66.7 Å². The van der Waals surface area contributed by atoms with E-state index in [0.29, 0.717) is 20.9 Å². The van der Waals surface area contributed by atoms with Crippen LogP contribution in [0.4, 0.5) is 8.78 Å². The zero-order valence-electron chi connectivity index (χ0n) is 21.4. The van der Waals surface area contributed by atoms with Crippen LogP contribution in [0.25, 0.3) is 0 Å². The molecule has 0 N–H and O–H groups in total. The zero-order valence-corrected chi connectivity index (χ0v) is 24.6. The van der Waals surface area contributed by atoms with Gasteiger partial charge in [0.2, 0.25) is 0 Å². The normalized spacial score (nSPS) is 12.2. The van der Waals surface area contributed by atoms with E-state index in [1.807, 2.05) is 6.07 Å². The van der Waals surface area contributed by atoms with Crippen LogP contribution in [0.15, 0.2) is 146 Å². The van der Waals surface area contributed by atoms with Crippen molar-refractivity contribution in [2.24, 2.45) is 0 Å². The maximum atomic E-state index is 13.9. The van der Waals surface area contributed by atoms with Gasteiger partial charge in [-0.2, -0.15) is 14.0 Å². The van der Waals surface area contributed by atoms with Gasteiger partial charge in [0.25, 0.3) is 0 Å². The van der Waals surface area contributed by atoms with E-state index in [9.17, 15) is 27.6 Å². The number of hydrogen-bond acceptors (Lipinski definition) is 6. The van der Waals surface area contributed by atoms with Crippen LogP contribution in [-0.2, 0) is 3.74 Å². The molecule has 0 aromatic heterocycles. The summed E-state index contributed by atoms with van der Waals surface area (Å²) in [5, 5.41) is 0.287. The minimum atomic E-state index is -4.98. The zero-order chi connectivity index (χ0) is 29.9. The van der Waals surface area contributed by atoms with Crippen LogP contribution in [0, 0.1) is 21.9 Å². The van der Waals surface area contributed by atoms with Crippen LogP contribution >= 0.6 is 33.7 Å². The molecule has 0 saturated carbocycles. The molecule has 0 aliphatic rings. The molecule has 11 heteroatoms. The maximum absolute atomic E-state index is 13.9. The van der Waals surface area contributed by atoms with Gasteiger partial charge in [-0.3, -0.25) is 4.79 Å². The fourth-order valence-electron chi connectivity index (χ4n) is 4.26. The first kappa shape index (κ1) is 30.2. The smallest absolute Gasteiger partial charge is 0.195 e. The van der Waals surface area contributed by atoms with Crippen LogP contribution in [0.5, 0.6) is 0 Å². The Hall–Kier alpha value is -3.25. The quantitative estimate of drug-likeness (QED) is 0.180. The molecular formula is C31H20Cl2F2O5S2. The third-order valence-electron chi connectivity index (χ3n) is 6.08. The Bertz CT molecular complexity index is 1650. The van der Waals surface area contributed by atoms with Crippen LogP contribution < -0.4 is 14.0 Å². The van der Waals surface area contributed by atoms with Gasteiger partial charge in [0, 0.05) is 30.0 Å². The van der Waals surface area contributed by atoms with E-state index >= 15 is 0 Å². The lowest BCUT2D eigenvalue weighted by Gasteiger charge is -2.34. The van der Waals surface area contributed by atoms with Gasteiger partial charge in [0.15, 0.2) is 5.78 Å². The topological polar surface area (TPSA) is 95.5 Å². The molecule has 0 bridgehead atoms. The van der Waals surface area contributed by atoms with Crippen molar-refractivity contribution in [1.82, 2.24) is 0 Å². The third kappa shape index (κ3) is 6.54. The van der Waals surface area contributed by atoms with Crippen molar-refractivity contribution in [3.05, 3.63) is 149 Å². The van der Waals surface area contributed by atoms with Crippen molar-refractivity contribution in [3.63, 3.8) is 0 Å². The lowest BCUT2D eigenvalue weighted by molar-refractivity contribution is -1.91. The van der Waals surface area contributed by atoms with Crippen molar-refractivity contribution < 1.29 is 41.5 Å². The number of ketones is 1. The van der Waals surface area contributed by atoms with E-state index < -0.39 is 32.2 Å². The van der Waals surface area contributed by atoms with Crippen molar-refractivity contribution in [1.29, 1.82) is 0 Å². The Labute approximate surface area is 253 Å². The standard InChI is InChI=1S/C31H20Cl2F2O5S2/c32-28-7-4-8-29(30(28)31(36)21-5-2-1-3-6-21)41-24-13-19-27(20-14-24)42(40-33(37,38)39,25-15-9-22(34)10-16-25)26-17-11-23(35)12-18-26/h1-20H. The second-order valence-electron chi connectivity index (χ2n) is 8.79. The molecule has 0 radical (unpaired) electrons. The highest BCUT2D eigenvalue weighted by Gasteiger charge is 2.46. The summed E-state index contributed by atoms with van der Waals surface area (Å²) in [5.74, 6) is -1.41. The van der Waals surface area contributed by atoms with Crippen LogP contribution in [-0.4, -0.2) is 5.78 Å². The molecule has 214 valence electrons. The Morgan fingerprint density at radius 1 is 0.690 bits per heavy atom. The molecule has 5 nitrogen and oxygen atoms in total. The maximum Gasteiger partial charge on any atom is 0.195 e. The highest BCUT2D eigenvalue weighted by atomic mass is 35.7. The first-order valence-electron chi connectivity index (χ1n) is 12.2. The second kappa shape index (κ2) is 12.5. The van der Waals surface area contributed by atoms with Gasteiger partial charge in [-0.05, 0) is 84.9 Å². The van der Waals surface area contributed by atoms with Crippen LogP contribution in [0.1, 0.15) is 15.9 Å². The number of hydrogen-bond donors (Lipinski definition) is 0. The SMILES string of the molecule is O=C(c1ccccc1)c1c(Cl)cccc1Sc1ccc(S(O[Cl+3]([O-])([O-])[O-])(c2ccc(F)cc2)c2ccc(F)cc2)cc1. The highest BCUT2D eigenvalue weighted by molar-refractivity contribution is 8.29. The monoisotopic (exact) mass is 644 g/mol. The van der Waals surface area contributed by atoms with Gasteiger partial charge in [0.05, 0.1) is 31.1 Å². The van der Waals surface area contributed by atoms with E-state index in [2.05, 4.69) is 0 Å². The van der Waals surface area contributed by atoms with Crippen LogP contribution in [0.2, 0.25) is 5.02 Å². The predicted molar refractivity (Wildman–Crippen MR) is 148 cm³/mol. The summed E-state index contributed by atoms with van der Waals surface area (Å²) in [6.07, 6.45) is 0. The molecule has 0 fully saturated rings. The molecule has 5 aromatic rings. The average Bonchev–Trinajstić information content (AvgIpc) is 2.97. The number of rotatable bonds is 9. The van der Waals surface area contributed by atoms with Crippen molar-refractivity contribution in [3.8, 4) is 0 Å². The molecule has 0 aliphatic heterocycles. The third-order valence-corrected chi connectivity index (χ3v) is 11.6. The summed E-state index contributed by atoms with van der Waals surface area (Å²) < 4.78 is 69.2. The first-order valence-corrected chi connectivity index (χ1v) is 16.2. The van der Waals surface area contributed by atoms with E-state index in [0.717, 1.165) is 24.3 Å². The number of carbonyl (C=O) groups excluding carboxylic acids is 1. The van der Waals surface area contributed by atoms with Crippen molar-refractivity contribution >= 4 is 39.5 Å². The summed E-state index contributed by atoms with van der Waals surface area (Å²) >= 11 is 7.72. The van der Waals surface area contributed by atoms with Crippen LogP contribution in [0.3, 0.4) is 0 Å². The summed E-state index contributed by atoms with van der Waals surface area (Å²) in [6.45, 7) is 0. The Morgan fingerprint density at radius 3 is 1.69 bits per heavy atom. The van der Waals surface area contributed by atoms with Gasteiger partial charge in [-0.25, -0.2) is 8.78 Å². The van der Waals surface area contributed by atoms with Gasteiger partial charge < -0.3 is 0 Å². The highest BCUT2D eigenvalue weighted by Crippen LogP contribution is 2.70. The average molecular weight is 646 g/mol. The molecule has 0 atom stereocenters. The Kier molecular flexibility index (Phi) is 9.03. The molecule has 0 amide bonds. The molecule has 0 heterocycles. The Morgan fingerprint density at radius 2 is 1.19 bits per heavy atom. The Balaban J connectivity index is 1.59. The van der Waals surface area contributed by atoms with Gasteiger partial charge in [-0.15, -0.1) is 0 Å².